The van der Waals surface area contributed by atoms with E-state index in [2.05, 4.69) is 15.1 Å². The molecule has 3 aliphatic rings. The number of piperazine rings is 1. The van der Waals surface area contributed by atoms with Crippen LogP contribution in [0.3, 0.4) is 0 Å². The Balaban J connectivity index is 1.33. The molecule has 6 nitrogen and oxygen atoms in total. The second-order valence-corrected chi connectivity index (χ2v) is 7.60. The first kappa shape index (κ1) is 17.7. The van der Waals surface area contributed by atoms with Crippen molar-refractivity contribution in [2.45, 2.75) is 57.5 Å². The van der Waals surface area contributed by atoms with Gasteiger partial charge in [0.1, 0.15) is 0 Å². The molecule has 0 atom stereocenters. The molecule has 2 amide bonds. The van der Waals surface area contributed by atoms with E-state index in [1.165, 1.54) is 25.7 Å². The number of amides is 2. The van der Waals surface area contributed by atoms with E-state index in [1.54, 1.807) is 6.92 Å². The van der Waals surface area contributed by atoms with Crippen molar-refractivity contribution in [1.82, 2.24) is 20.0 Å². The smallest absolute Gasteiger partial charge is 0.234 e. The Morgan fingerprint density at radius 3 is 2.12 bits per heavy atom. The third kappa shape index (κ3) is 4.70. The van der Waals surface area contributed by atoms with E-state index in [0.717, 1.165) is 58.2 Å². The van der Waals surface area contributed by atoms with Gasteiger partial charge in [-0.2, -0.15) is 0 Å². The van der Waals surface area contributed by atoms with Gasteiger partial charge in [0.15, 0.2) is 0 Å². The summed E-state index contributed by atoms with van der Waals surface area (Å²) < 4.78 is 0. The fraction of sp³-hybridized carbons (Fsp3) is 0.889. The van der Waals surface area contributed by atoms with Crippen LogP contribution >= 0.6 is 0 Å². The van der Waals surface area contributed by atoms with E-state index in [1.807, 2.05) is 4.90 Å². The summed E-state index contributed by atoms with van der Waals surface area (Å²) in [6, 6.07) is 1.03. The van der Waals surface area contributed by atoms with E-state index in [-0.39, 0.29) is 17.9 Å². The lowest BCUT2D eigenvalue weighted by atomic mass is 10.0. The Hall–Kier alpha value is -1.14. The highest BCUT2D eigenvalue weighted by Crippen LogP contribution is 2.24. The predicted molar refractivity (Wildman–Crippen MR) is 93.7 cm³/mol. The number of piperidine rings is 1. The fourth-order valence-corrected chi connectivity index (χ4v) is 4.37. The quantitative estimate of drug-likeness (QED) is 0.820. The van der Waals surface area contributed by atoms with Crippen molar-refractivity contribution in [3.8, 4) is 0 Å². The number of hydrogen-bond donors (Lipinski definition) is 1. The number of carbonyl (C=O) groups excluding carboxylic acids is 2. The maximum atomic E-state index is 12.3. The predicted octanol–water partition coefficient (Wildman–Crippen LogP) is 0.674. The summed E-state index contributed by atoms with van der Waals surface area (Å²) in [5.74, 6) is 0.283. The average molecular weight is 336 g/mol. The highest BCUT2D eigenvalue weighted by atomic mass is 16.2. The van der Waals surface area contributed by atoms with Crippen LogP contribution in [0.1, 0.15) is 45.4 Å². The SMILES string of the molecule is CC(=O)N1CCC(NC(=O)CN2CCN(C3CCCC3)CC2)CC1. The van der Waals surface area contributed by atoms with Crippen LogP contribution in [-0.2, 0) is 9.59 Å². The monoisotopic (exact) mass is 336 g/mol. The van der Waals surface area contributed by atoms with Crippen molar-refractivity contribution in [2.75, 3.05) is 45.8 Å². The van der Waals surface area contributed by atoms with Gasteiger partial charge >= 0.3 is 0 Å². The standard InChI is InChI=1S/C18H32N4O2/c1-15(23)21-8-6-16(7-9-21)19-18(24)14-20-10-12-22(13-11-20)17-4-2-3-5-17/h16-17H,2-14H2,1H3,(H,19,24). The first-order valence-electron chi connectivity index (χ1n) is 9.63. The minimum atomic E-state index is 0.139. The summed E-state index contributed by atoms with van der Waals surface area (Å²) in [5, 5.41) is 3.16. The maximum absolute atomic E-state index is 12.3. The summed E-state index contributed by atoms with van der Waals surface area (Å²) in [6.45, 7) is 7.89. The number of hydrogen-bond acceptors (Lipinski definition) is 4. The van der Waals surface area contributed by atoms with Gasteiger partial charge in [-0.1, -0.05) is 12.8 Å². The van der Waals surface area contributed by atoms with E-state index in [9.17, 15) is 9.59 Å². The minimum Gasteiger partial charge on any atom is -0.352 e. The second-order valence-electron chi connectivity index (χ2n) is 7.60. The van der Waals surface area contributed by atoms with Crippen molar-refractivity contribution < 1.29 is 9.59 Å². The first-order chi connectivity index (χ1) is 11.6. The van der Waals surface area contributed by atoms with Crippen LogP contribution in [0.25, 0.3) is 0 Å². The van der Waals surface area contributed by atoms with Crippen molar-refractivity contribution in [3.63, 3.8) is 0 Å². The van der Waals surface area contributed by atoms with Gasteiger partial charge in [-0.05, 0) is 25.7 Å². The van der Waals surface area contributed by atoms with Gasteiger partial charge in [0.2, 0.25) is 11.8 Å². The van der Waals surface area contributed by atoms with Crippen LogP contribution in [0, 0.1) is 0 Å². The lowest BCUT2D eigenvalue weighted by Crippen LogP contribution is -2.53. The molecule has 6 heteroatoms. The lowest BCUT2D eigenvalue weighted by Gasteiger charge is -2.38. The third-order valence-corrected chi connectivity index (χ3v) is 5.92. The Kier molecular flexibility index (Phi) is 6.11. The Labute approximate surface area is 145 Å². The summed E-state index contributed by atoms with van der Waals surface area (Å²) in [7, 11) is 0. The number of carbonyl (C=O) groups is 2. The molecule has 2 heterocycles. The highest BCUT2D eigenvalue weighted by molar-refractivity contribution is 5.78. The Morgan fingerprint density at radius 2 is 1.54 bits per heavy atom. The number of likely N-dealkylation sites (tertiary alicyclic amines) is 1. The van der Waals surface area contributed by atoms with E-state index in [0.29, 0.717) is 6.54 Å². The van der Waals surface area contributed by atoms with Gasteiger partial charge in [-0.3, -0.25) is 19.4 Å². The molecule has 2 aliphatic heterocycles. The zero-order valence-electron chi connectivity index (χ0n) is 15.0. The van der Waals surface area contributed by atoms with Gasteiger partial charge in [0.05, 0.1) is 6.54 Å². The zero-order valence-corrected chi connectivity index (χ0v) is 15.0. The maximum Gasteiger partial charge on any atom is 0.234 e. The third-order valence-electron chi connectivity index (χ3n) is 5.92. The van der Waals surface area contributed by atoms with E-state index < -0.39 is 0 Å². The molecule has 0 aromatic rings. The molecule has 2 saturated heterocycles. The molecule has 0 spiro atoms. The van der Waals surface area contributed by atoms with Crippen molar-refractivity contribution >= 4 is 11.8 Å². The van der Waals surface area contributed by atoms with E-state index >= 15 is 0 Å². The molecule has 0 unspecified atom stereocenters. The van der Waals surface area contributed by atoms with Gasteiger partial charge in [-0.25, -0.2) is 0 Å². The molecular formula is C18H32N4O2. The first-order valence-corrected chi connectivity index (χ1v) is 9.63. The molecule has 1 N–H and O–H groups in total. The van der Waals surface area contributed by atoms with Crippen LogP contribution < -0.4 is 5.32 Å². The van der Waals surface area contributed by atoms with Gasteiger partial charge in [0, 0.05) is 58.3 Å². The molecule has 3 fully saturated rings. The van der Waals surface area contributed by atoms with Gasteiger partial charge in [-0.15, -0.1) is 0 Å². The Bertz CT molecular complexity index is 434. The summed E-state index contributed by atoms with van der Waals surface area (Å²) in [6.07, 6.45) is 7.24. The van der Waals surface area contributed by atoms with Crippen molar-refractivity contribution in [2.24, 2.45) is 0 Å². The molecule has 3 rings (SSSR count). The topological polar surface area (TPSA) is 55.9 Å². The van der Waals surface area contributed by atoms with Crippen LogP contribution in [0.15, 0.2) is 0 Å². The zero-order chi connectivity index (χ0) is 16.9. The number of rotatable bonds is 4. The fourth-order valence-electron chi connectivity index (χ4n) is 4.37. The molecule has 1 aliphatic carbocycles. The molecule has 1 saturated carbocycles. The normalized spacial score (nSPS) is 25.1. The molecule has 0 bridgehead atoms. The minimum absolute atomic E-state index is 0.139. The molecule has 0 aromatic heterocycles. The average Bonchev–Trinajstić information content (AvgIpc) is 3.10. The number of nitrogens with zero attached hydrogens (tertiary/aromatic N) is 3. The largest absolute Gasteiger partial charge is 0.352 e. The molecule has 0 aromatic carbocycles. The molecule has 136 valence electrons. The molecular weight excluding hydrogens is 304 g/mol. The summed E-state index contributed by atoms with van der Waals surface area (Å²) >= 11 is 0. The lowest BCUT2D eigenvalue weighted by molar-refractivity contribution is -0.130. The Morgan fingerprint density at radius 1 is 0.917 bits per heavy atom. The molecule has 0 radical (unpaired) electrons. The molecule has 24 heavy (non-hydrogen) atoms. The van der Waals surface area contributed by atoms with Crippen molar-refractivity contribution in [3.05, 3.63) is 0 Å². The highest BCUT2D eigenvalue weighted by Gasteiger charge is 2.27. The van der Waals surface area contributed by atoms with E-state index in [4.69, 9.17) is 0 Å². The van der Waals surface area contributed by atoms with Crippen LogP contribution in [0.5, 0.6) is 0 Å². The van der Waals surface area contributed by atoms with Crippen LogP contribution in [0.2, 0.25) is 0 Å². The van der Waals surface area contributed by atoms with Gasteiger partial charge < -0.3 is 10.2 Å². The van der Waals surface area contributed by atoms with Crippen LogP contribution in [-0.4, -0.2) is 84.4 Å². The second kappa shape index (κ2) is 8.30. The van der Waals surface area contributed by atoms with Crippen LogP contribution in [0.4, 0.5) is 0 Å². The van der Waals surface area contributed by atoms with Crippen molar-refractivity contribution in [1.29, 1.82) is 0 Å². The summed E-state index contributed by atoms with van der Waals surface area (Å²) in [4.78, 5) is 30.4. The summed E-state index contributed by atoms with van der Waals surface area (Å²) in [5.41, 5.74) is 0. The van der Waals surface area contributed by atoms with Gasteiger partial charge in [0.25, 0.3) is 0 Å². The number of nitrogens with one attached hydrogen (secondary N) is 1.